The van der Waals surface area contributed by atoms with Gasteiger partial charge in [-0.25, -0.2) is 0 Å². The minimum Gasteiger partial charge on any atom is -0.303 e. The molecule has 0 rings (SSSR count). The van der Waals surface area contributed by atoms with Crippen molar-refractivity contribution in [3.63, 3.8) is 0 Å². The van der Waals surface area contributed by atoms with Crippen LogP contribution in [0.4, 0.5) is 0 Å². The molecule has 1 atom stereocenters. The lowest BCUT2D eigenvalue weighted by Crippen LogP contribution is -2.01. The van der Waals surface area contributed by atoms with Crippen LogP contribution in [0.15, 0.2) is 0 Å². The highest BCUT2D eigenvalue weighted by atomic mass is 16.1. The molecule has 0 fully saturated rings. The normalized spacial score (nSPS) is 12.5. The molecule has 0 aliphatic carbocycles. The van der Waals surface area contributed by atoms with Gasteiger partial charge in [-0.1, -0.05) is 97.3 Å². The highest BCUT2D eigenvalue weighted by molar-refractivity contribution is 5.49. The van der Waals surface area contributed by atoms with Crippen LogP contribution >= 0.6 is 0 Å². The van der Waals surface area contributed by atoms with E-state index in [2.05, 4.69) is 13.8 Å². The van der Waals surface area contributed by atoms with Crippen molar-refractivity contribution in [2.24, 2.45) is 5.92 Å². The molecule has 114 valence electrons. The first-order valence-electron chi connectivity index (χ1n) is 8.78. The van der Waals surface area contributed by atoms with Gasteiger partial charge in [0, 0.05) is 6.42 Å². The Bertz CT molecular complexity index is 177. The quantitative estimate of drug-likeness (QED) is 0.251. The minimum absolute atomic E-state index is 0.671. The lowest BCUT2D eigenvalue weighted by Gasteiger charge is -2.13. The summed E-state index contributed by atoms with van der Waals surface area (Å²) in [6.45, 7) is 4.51. The van der Waals surface area contributed by atoms with Gasteiger partial charge in [-0.3, -0.25) is 0 Å². The van der Waals surface area contributed by atoms with Crippen molar-refractivity contribution in [2.45, 2.75) is 104 Å². The Morgan fingerprint density at radius 3 is 1.63 bits per heavy atom. The molecular weight excluding hydrogens is 232 g/mol. The van der Waals surface area contributed by atoms with Gasteiger partial charge in [-0.2, -0.15) is 0 Å². The Kier molecular flexibility index (Phi) is 15.5. The summed E-state index contributed by atoms with van der Waals surface area (Å²) in [7, 11) is 0. The van der Waals surface area contributed by atoms with E-state index in [-0.39, 0.29) is 0 Å². The molecule has 1 nitrogen and oxygen atoms in total. The number of hydrogen-bond donors (Lipinski definition) is 0. The van der Waals surface area contributed by atoms with E-state index in [1.807, 2.05) is 0 Å². The van der Waals surface area contributed by atoms with Crippen molar-refractivity contribution in [2.75, 3.05) is 0 Å². The number of unbranched alkanes of at least 4 members (excludes halogenated alkanes) is 9. The van der Waals surface area contributed by atoms with E-state index in [0.717, 1.165) is 12.7 Å². The molecule has 0 saturated heterocycles. The molecule has 0 aliphatic heterocycles. The highest BCUT2D eigenvalue weighted by Gasteiger charge is 2.07. The SMILES string of the molecule is CCCCCCCCCCC(CC=O)CCCCC. The van der Waals surface area contributed by atoms with Gasteiger partial charge in [0.15, 0.2) is 0 Å². The molecular formula is C18H36O. The van der Waals surface area contributed by atoms with Crippen LogP contribution in [0.3, 0.4) is 0 Å². The van der Waals surface area contributed by atoms with Crippen molar-refractivity contribution >= 4 is 6.29 Å². The van der Waals surface area contributed by atoms with E-state index in [0.29, 0.717) is 5.92 Å². The second-order valence-electron chi connectivity index (χ2n) is 6.03. The van der Waals surface area contributed by atoms with Gasteiger partial charge in [0.2, 0.25) is 0 Å². The number of rotatable bonds is 15. The summed E-state index contributed by atoms with van der Waals surface area (Å²) >= 11 is 0. The number of aldehydes is 1. The summed E-state index contributed by atoms with van der Waals surface area (Å²) in [5.41, 5.74) is 0. The maximum Gasteiger partial charge on any atom is 0.120 e. The summed E-state index contributed by atoms with van der Waals surface area (Å²) in [4.78, 5) is 10.7. The maximum absolute atomic E-state index is 10.7. The molecule has 1 heteroatoms. The lowest BCUT2D eigenvalue weighted by molar-refractivity contribution is -0.108. The molecule has 0 amide bonds. The van der Waals surface area contributed by atoms with E-state index in [1.54, 1.807) is 0 Å². The summed E-state index contributed by atoms with van der Waals surface area (Å²) in [5.74, 6) is 0.671. The molecule has 1 unspecified atom stereocenters. The van der Waals surface area contributed by atoms with Gasteiger partial charge in [-0.15, -0.1) is 0 Å². The maximum atomic E-state index is 10.7. The summed E-state index contributed by atoms with van der Waals surface area (Å²) in [5, 5.41) is 0. The van der Waals surface area contributed by atoms with Crippen molar-refractivity contribution < 1.29 is 4.79 Å². The van der Waals surface area contributed by atoms with Crippen LogP contribution in [-0.4, -0.2) is 6.29 Å². The van der Waals surface area contributed by atoms with E-state index in [4.69, 9.17) is 0 Å². The zero-order chi connectivity index (χ0) is 14.2. The third-order valence-corrected chi connectivity index (χ3v) is 4.11. The average Bonchev–Trinajstić information content (AvgIpc) is 2.42. The smallest absolute Gasteiger partial charge is 0.120 e. The van der Waals surface area contributed by atoms with Crippen LogP contribution in [0.25, 0.3) is 0 Å². The first-order valence-corrected chi connectivity index (χ1v) is 8.78. The van der Waals surface area contributed by atoms with Crippen molar-refractivity contribution in [1.82, 2.24) is 0 Å². The molecule has 0 bridgehead atoms. The summed E-state index contributed by atoms with van der Waals surface area (Å²) in [6.07, 6.45) is 19.5. The lowest BCUT2D eigenvalue weighted by atomic mass is 9.92. The molecule has 0 aromatic carbocycles. The Morgan fingerprint density at radius 2 is 1.11 bits per heavy atom. The third kappa shape index (κ3) is 13.9. The second kappa shape index (κ2) is 15.7. The predicted molar refractivity (Wildman–Crippen MR) is 85.5 cm³/mol. The van der Waals surface area contributed by atoms with Crippen molar-refractivity contribution in [1.29, 1.82) is 0 Å². The third-order valence-electron chi connectivity index (χ3n) is 4.11. The Morgan fingerprint density at radius 1 is 0.684 bits per heavy atom. The standard InChI is InChI=1S/C18H36O/c1-3-5-7-8-9-10-11-13-15-18(16-17-19)14-12-6-4-2/h17-18H,3-16H2,1-2H3. The summed E-state index contributed by atoms with van der Waals surface area (Å²) < 4.78 is 0. The van der Waals surface area contributed by atoms with Crippen molar-refractivity contribution in [3.8, 4) is 0 Å². The van der Waals surface area contributed by atoms with Gasteiger partial charge in [0.05, 0.1) is 0 Å². The molecule has 0 aromatic rings. The molecule has 0 saturated carbocycles. The Labute approximate surface area is 121 Å². The minimum atomic E-state index is 0.671. The van der Waals surface area contributed by atoms with E-state index in [1.165, 1.54) is 83.5 Å². The van der Waals surface area contributed by atoms with Crippen LogP contribution in [0, 0.1) is 5.92 Å². The number of carbonyl (C=O) groups is 1. The van der Waals surface area contributed by atoms with E-state index < -0.39 is 0 Å². The largest absolute Gasteiger partial charge is 0.303 e. The van der Waals surface area contributed by atoms with Gasteiger partial charge in [0.1, 0.15) is 6.29 Å². The number of hydrogen-bond acceptors (Lipinski definition) is 1. The average molecular weight is 268 g/mol. The van der Waals surface area contributed by atoms with Crippen LogP contribution in [0.5, 0.6) is 0 Å². The topological polar surface area (TPSA) is 17.1 Å². The van der Waals surface area contributed by atoms with Gasteiger partial charge in [0.25, 0.3) is 0 Å². The molecule has 0 radical (unpaired) electrons. The van der Waals surface area contributed by atoms with Crippen LogP contribution in [-0.2, 0) is 4.79 Å². The molecule has 0 aliphatic rings. The Balaban J connectivity index is 3.39. The van der Waals surface area contributed by atoms with Gasteiger partial charge >= 0.3 is 0 Å². The molecule has 0 aromatic heterocycles. The first-order chi connectivity index (χ1) is 9.35. The molecule has 0 N–H and O–H groups in total. The fourth-order valence-corrected chi connectivity index (χ4v) is 2.77. The Hall–Kier alpha value is -0.330. The monoisotopic (exact) mass is 268 g/mol. The zero-order valence-corrected chi connectivity index (χ0v) is 13.5. The second-order valence-corrected chi connectivity index (χ2v) is 6.03. The van der Waals surface area contributed by atoms with Gasteiger partial charge < -0.3 is 4.79 Å². The van der Waals surface area contributed by atoms with Crippen LogP contribution < -0.4 is 0 Å². The first kappa shape index (κ1) is 18.7. The number of carbonyl (C=O) groups excluding carboxylic acids is 1. The predicted octanol–water partition coefficient (Wildman–Crippen LogP) is 6.30. The molecule has 19 heavy (non-hydrogen) atoms. The van der Waals surface area contributed by atoms with Gasteiger partial charge in [-0.05, 0) is 5.92 Å². The fourth-order valence-electron chi connectivity index (χ4n) is 2.77. The summed E-state index contributed by atoms with van der Waals surface area (Å²) in [6, 6.07) is 0. The fraction of sp³-hybridized carbons (Fsp3) is 0.944. The molecule has 0 spiro atoms. The molecule has 0 heterocycles. The van der Waals surface area contributed by atoms with Crippen LogP contribution in [0.1, 0.15) is 104 Å². The van der Waals surface area contributed by atoms with Crippen LogP contribution in [0.2, 0.25) is 0 Å². The highest BCUT2D eigenvalue weighted by Crippen LogP contribution is 2.20. The zero-order valence-electron chi connectivity index (χ0n) is 13.5. The van der Waals surface area contributed by atoms with E-state index >= 15 is 0 Å². The van der Waals surface area contributed by atoms with Crippen molar-refractivity contribution in [3.05, 3.63) is 0 Å². The van der Waals surface area contributed by atoms with E-state index in [9.17, 15) is 4.79 Å².